The fraction of sp³-hybridized carbons (Fsp3) is 0.450. The minimum atomic E-state index is -3.71. The first-order valence-corrected chi connectivity index (χ1v) is 11.1. The van der Waals surface area contributed by atoms with E-state index < -0.39 is 20.8 Å². The summed E-state index contributed by atoms with van der Waals surface area (Å²) in [6, 6.07) is 5.33. The maximum absolute atomic E-state index is 13.0. The van der Waals surface area contributed by atoms with Crippen LogP contribution in [0, 0.1) is 13.8 Å². The van der Waals surface area contributed by atoms with Crippen LogP contribution in [0.15, 0.2) is 27.6 Å². The molecule has 0 bridgehead atoms. The SMILES string of the molecule is Cc1nc(C(=O)Cc2ccc3c(c2)[C@@]2(C)N=C(N)N(C)S(=O)(=O)[C@@H]2CCO3)c(C)o1. The average molecular weight is 433 g/mol. The first-order chi connectivity index (χ1) is 14.0. The van der Waals surface area contributed by atoms with Crippen LogP contribution >= 0.6 is 0 Å². The molecule has 160 valence electrons. The van der Waals surface area contributed by atoms with Crippen LogP contribution in [0.4, 0.5) is 0 Å². The Kier molecular flexibility index (Phi) is 4.64. The van der Waals surface area contributed by atoms with Crippen molar-refractivity contribution in [2.24, 2.45) is 10.7 Å². The fourth-order valence-corrected chi connectivity index (χ4v) is 6.03. The van der Waals surface area contributed by atoms with Crippen molar-refractivity contribution in [3.8, 4) is 5.75 Å². The van der Waals surface area contributed by atoms with Crippen molar-refractivity contribution in [3.63, 3.8) is 0 Å². The van der Waals surface area contributed by atoms with E-state index in [2.05, 4.69) is 9.98 Å². The number of rotatable bonds is 3. The minimum Gasteiger partial charge on any atom is -0.493 e. The van der Waals surface area contributed by atoms with Gasteiger partial charge in [0.15, 0.2) is 11.7 Å². The second-order valence-corrected chi connectivity index (χ2v) is 9.97. The van der Waals surface area contributed by atoms with Gasteiger partial charge in [0.1, 0.15) is 28.0 Å². The van der Waals surface area contributed by atoms with Crippen LogP contribution in [0.2, 0.25) is 0 Å². The maximum atomic E-state index is 13.0. The van der Waals surface area contributed by atoms with Crippen molar-refractivity contribution in [2.45, 2.75) is 44.4 Å². The Morgan fingerprint density at radius 3 is 2.77 bits per heavy atom. The molecule has 0 unspecified atom stereocenters. The predicted molar refractivity (Wildman–Crippen MR) is 110 cm³/mol. The predicted octanol–water partition coefficient (Wildman–Crippen LogP) is 1.67. The number of Topliss-reactive ketones (excluding diaryl/α,β-unsaturated/α-hetero) is 1. The zero-order valence-electron chi connectivity index (χ0n) is 17.3. The number of benzene rings is 1. The summed E-state index contributed by atoms with van der Waals surface area (Å²) >= 11 is 0. The lowest BCUT2D eigenvalue weighted by molar-refractivity contribution is 0.0987. The highest BCUT2D eigenvalue weighted by molar-refractivity contribution is 7.90. The highest BCUT2D eigenvalue weighted by atomic mass is 32.2. The molecule has 10 heteroatoms. The van der Waals surface area contributed by atoms with Crippen molar-refractivity contribution in [3.05, 3.63) is 46.7 Å². The third-order valence-corrected chi connectivity index (χ3v) is 8.16. The van der Waals surface area contributed by atoms with Gasteiger partial charge in [0.2, 0.25) is 16.0 Å². The van der Waals surface area contributed by atoms with E-state index in [1.54, 1.807) is 39.0 Å². The van der Waals surface area contributed by atoms with Gasteiger partial charge >= 0.3 is 0 Å². The van der Waals surface area contributed by atoms with Crippen molar-refractivity contribution >= 4 is 21.8 Å². The van der Waals surface area contributed by atoms with Gasteiger partial charge in [-0.3, -0.25) is 4.79 Å². The number of oxazole rings is 1. The van der Waals surface area contributed by atoms with Crippen LogP contribution in [-0.2, 0) is 22.0 Å². The van der Waals surface area contributed by atoms with Gasteiger partial charge in [0.25, 0.3) is 0 Å². The lowest BCUT2D eigenvalue weighted by atomic mass is 9.85. The number of sulfonamides is 1. The van der Waals surface area contributed by atoms with Crippen molar-refractivity contribution in [2.75, 3.05) is 13.7 Å². The van der Waals surface area contributed by atoms with E-state index >= 15 is 0 Å². The number of carbonyl (C=O) groups is 1. The summed E-state index contributed by atoms with van der Waals surface area (Å²) in [6.07, 6.45) is 0.368. The van der Waals surface area contributed by atoms with Gasteiger partial charge in [-0.25, -0.2) is 22.7 Å². The third kappa shape index (κ3) is 3.06. The summed E-state index contributed by atoms with van der Waals surface area (Å²) < 4.78 is 38.3. The minimum absolute atomic E-state index is 0.0724. The van der Waals surface area contributed by atoms with Gasteiger partial charge in [-0.1, -0.05) is 6.07 Å². The number of aliphatic imine (C=N–C) groups is 1. The van der Waals surface area contributed by atoms with E-state index in [0.717, 1.165) is 4.31 Å². The van der Waals surface area contributed by atoms with E-state index in [0.29, 0.717) is 34.2 Å². The Hall–Kier alpha value is -2.88. The zero-order chi connectivity index (χ0) is 21.8. The molecule has 1 aromatic carbocycles. The number of ketones is 1. The van der Waals surface area contributed by atoms with E-state index in [-0.39, 0.29) is 31.2 Å². The summed E-state index contributed by atoms with van der Waals surface area (Å²) in [5.41, 5.74) is 6.43. The number of fused-ring (bicyclic) bond motifs is 3. The van der Waals surface area contributed by atoms with Crippen LogP contribution in [-0.4, -0.2) is 48.4 Å². The number of hydrogen-bond donors (Lipinski definition) is 1. The fourth-order valence-electron chi connectivity index (χ4n) is 4.20. The largest absolute Gasteiger partial charge is 0.493 e. The number of guanidine groups is 1. The van der Waals surface area contributed by atoms with Gasteiger partial charge in [0.05, 0.1) is 6.61 Å². The first kappa shape index (κ1) is 20.4. The van der Waals surface area contributed by atoms with Crippen molar-refractivity contribution < 1.29 is 22.4 Å². The lowest BCUT2D eigenvalue weighted by Gasteiger charge is -2.40. The summed E-state index contributed by atoms with van der Waals surface area (Å²) in [5.74, 6) is 1.20. The lowest BCUT2D eigenvalue weighted by Crippen LogP contribution is -2.56. The Morgan fingerprint density at radius 2 is 2.10 bits per heavy atom. The van der Waals surface area contributed by atoms with Crippen LogP contribution < -0.4 is 10.5 Å². The number of nitrogens with two attached hydrogens (primary N) is 1. The maximum Gasteiger partial charge on any atom is 0.242 e. The van der Waals surface area contributed by atoms with E-state index in [1.165, 1.54) is 7.05 Å². The molecule has 30 heavy (non-hydrogen) atoms. The molecule has 0 spiro atoms. The molecule has 0 saturated heterocycles. The van der Waals surface area contributed by atoms with E-state index in [9.17, 15) is 13.2 Å². The average Bonchev–Trinajstić information content (AvgIpc) is 2.94. The molecular weight excluding hydrogens is 408 g/mol. The Labute approximate surface area is 175 Å². The van der Waals surface area contributed by atoms with E-state index in [4.69, 9.17) is 14.9 Å². The van der Waals surface area contributed by atoms with Gasteiger partial charge in [-0.15, -0.1) is 0 Å². The molecule has 9 nitrogen and oxygen atoms in total. The van der Waals surface area contributed by atoms with E-state index in [1.807, 2.05) is 0 Å². The quantitative estimate of drug-likeness (QED) is 0.731. The molecule has 2 aromatic rings. The third-order valence-electron chi connectivity index (χ3n) is 5.80. The number of aromatic nitrogens is 1. The molecule has 0 aliphatic carbocycles. The molecule has 1 aromatic heterocycles. The van der Waals surface area contributed by atoms with Gasteiger partial charge in [-0.05, 0) is 31.5 Å². The summed E-state index contributed by atoms with van der Waals surface area (Å²) in [7, 11) is -2.31. The van der Waals surface area contributed by atoms with Gasteiger partial charge in [0, 0.05) is 32.4 Å². The Balaban J connectivity index is 1.78. The van der Waals surface area contributed by atoms with Crippen molar-refractivity contribution in [1.29, 1.82) is 0 Å². The number of carbonyl (C=O) groups excluding carboxylic acids is 1. The van der Waals surface area contributed by atoms with Gasteiger partial charge in [-0.2, -0.15) is 0 Å². The Bertz CT molecular complexity index is 1170. The second-order valence-electron chi connectivity index (χ2n) is 7.82. The molecule has 2 N–H and O–H groups in total. The number of nitrogens with zero attached hydrogens (tertiary/aromatic N) is 3. The number of aryl methyl sites for hydroxylation is 2. The number of hydrogen-bond acceptors (Lipinski definition) is 8. The zero-order valence-corrected chi connectivity index (χ0v) is 18.1. The highest BCUT2D eigenvalue weighted by Crippen LogP contribution is 2.45. The normalized spacial score (nSPS) is 24.9. The molecule has 3 heterocycles. The molecule has 0 amide bonds. The molecular formula is C20H24N4O5S. The topological polar surface area (TPSA) is 128 Å². The summed E-state index contributed by atoms with van der Waals surface area (Å²) in [4.78, 5) is 21.5. The van der Waals surface area contributed by atoms with Crippen LogP contribution in [0.25, 0.3) is 0 Å². The Morgan fingerprint density at radius 1 is 1.37 bits per heavy atom. The molecule has 2 aliphatic heterocycles. The molecule has 2 aliphatic rings. The first-order valence-electron chi connectivity index (χ1n) is 9.60. The molecule has 0 radical (unpaired) electrons. The standard InChI is InChI=1S/C20H24N4O5S/c1-11-18(22-12(2)29-11)15(25)10-13-5-6-16-14(9-13)20(3)17(7-8-28-16)30(26,27)24(4)19(21)23-20/h5-6,9,17H,7-8,10H2,1-4H3,(H2,21,23)/t17-,20-/m1/s1. The molecule has 4 rings (SSSR count). The van der Waals surface area contributed by atoms with Crippen LogP contribution in [0.3, 0.4) is 0 Å². The van der Waals surface area contributed by atoms with Crippen molar-refractivity contribution in [1.82, 2.24) is 9.29 Å². The van der Waals surface area contributed by atoms with Crippen LogP contribution in [0.1, 0.15) is 46.6 Å². The number of ether oxygens (including phenoxy) is 1. The second kappa shape index (κ2) is 6.83. The smallest absolute Gasteiger partial charge is 0.242 e. The molecule has 0 fully saturated rings. The molecule has 2 atom stereocenters. The molecule has 0 saturated carbocycles. The van der Waals surface area contributed by atoms with Gasteiger partial charge < -0.3 is 14.9 Å². The summed E-state index contributed by atoms with van der Waals surface area (Å²) in [5, 5.41) is -0.824. The summed E-state index contributed by atoms with van der Waals surface area (Å²) in [6.45, 7) is 5.38. The monoisotopic (exact) mass is 432 g/mol. The highest BCUT2D eigenvalue weighted by Gasteiger charge is 2.52. The van der Waals surface area contributed by atoms with Crippen LogP contribution in [0.5, 0.6) is 5.75 Å².